The van der Waals surface area contributed by atoms with Crippen molar-refractivity contribution in [3.63, 3.8) is 0 Å². The van der Waals surface area contributed by atoms with E-state index in [0.717, 1.165) is 135 Å². The van der Waals surface area contributed by atoms with Crippen molar-refractivity contribution in [2.24, 2.45) is 0 Å². The summed E-state index contributed by atoms with van der Waals surface area (Å²) in [5.41, 5.74) is 0. The molecule has 1 unspecified atom stereocenters. The monoisotopic (exact) mass is 1070 g/mol. The molecule has 6 heteroatoms. The predicted molar refractivity (Wildman–Crippen MR) is 338 cm³/mol. The molecule has 0 bridgehead atoms. The first-order valence-electron chi connectivity index (χ1n) is 31.5. The van der Waals surface area contributed by atoms with Gasteiger partial charge in [0.25, 0.3) is 0 Å². The van der Waals surface area contributed by atoms with Gasteiger partial charge in [0.1, 0.15) is 13.2 Å². The van der Waals surface area contributed by atoms with Gasteiger partial charge in [-0.05, 0) is 128 Å². The lowest BCUT2D eigenvalue weighted by Crippen LogP contribution is -2.30. The van der Waals surface area contributed by atoms with E-state index in [1.54, 1.807) is 0 Å². The highest BCUT2D eigenvalue weighted by Crippen LogP contribution is 2.15. The zero-order valence-electron chi connectivity index (χ0n) is 50.1. The molecule has 0 heterocycles. The van der Waals surface area contributed by atoms with Gasteiger partial charge in [0.15, 0.2) is 6.10 Å². The third kappa shape index (κ3) is 61.9. The Morgan fingerprint density at radius 2 is 0.526 bits per heavy atom. The maximum Gasteiger partial charge on any atom is 0.306 e. The minimum atomic E-state index is -0.822. The fourth-order valence-electron chi connectivity index (χ4n) is 8.10. The van der Waals surface area contributed by atoms with Crippen molar-refractivity contribution in [3.05, 3.63) is 158 Å². The second-order valence-corrected chi connectivity index (χ2v) is 20.2. The third-order valence-corrected chi connectivity index (χ3v) is 12.8. The van der Waals surface area contributed by atoms with Crippen molar-refractivity contribution < 1.29 is 28.6 Å². The van der Waals surface area contributed by atoms with Crippen LogP contribution in [0.3, 0.4) is 0 Å². The van der Waals surface area contributed by atoms with Gasteiger partial charge in [-0.25, -0.2) is 0 Å². The standard InChI is InChI=1S/C72H114O6/c1-4-7-10-13-16-19-22-25-27-28-29-30-31-32-33-34-35-36-37-38-39-40-41-42-43-44-45-48-50-53-56-59-62-65-71(74)77-68-69(67-76-70(73)64-61-58-55-52-49-46-24-21-18-15-12-9-6-3)78-72(75)66-63-60-57-54-51-47-26-23-20-17-14-11-8-5-2/h7,9-10,12,14,16-19,21,23,25-27,29-30,32-33,35-36,38-39,46,49,55,58,69H,4-6,8,11,13,15,20,22,24,28,31,34,37,40-45,47-48,50-54,56-57,59-68H2,1-3H3/b10-7-,12-9-,17-14-,19-16-,21-18-,26-23-,27-25-,30-29-,33-32-,36-35-,39-38-,49-46-,58-55-. The van der Waals surface area contributed by atoms with Crippen LogP contribution in [0.4, 0.5) is 0 Å². The molecule has 6 nitrogen and oxygen atoms in total. The van der Waals surface area contributed by atoms with Crippen LogP contribution in [-0.2, 0) is 28.6 Å². The fourth-order valence-corrected chi connectivity index (χ4v) is 8.10. The highest BCUT2D eigenvalue weighted by atomic mass is 16.6. The summed E-state index contributed by atoms with van der Waals surface area (Å²) in [6.07, 6.45) is 94.1. The maximum absolute atomic E-state index is 12.8. The number of esters is 3. The summed E-state index contributed by atoms with van der Waals surface area (Å²) in [7, 11) is 0. The number of unbranched alkanes of at least 4 members (excludes halogenated alkanes) is 18. The molecule has 438 valence electrons. The van der Waals surface area contributed by atoms with Crippen LogP contribution in [0.15, 0.2) is 158 Å². The molecular formula is C72H114O6. The van der Waals surface area contributed by atoms with Crippen LogP contribution < -0.4 is 0 Å². The summed E-state index contributed by atoms with van der Waals surface area (Å²) < 4.78 is 16.8. The summed E-state index contributed by atoms with van der Waals surface area (Å²) in [6.45, 7) is 6.28. The number of carbonyl (C=O) groups is 3. The highest BCUT2D eigenvalue weighted by Gasteiger charge is 2.19. The van der Waals surface area contributed by atoms with Crippen molar-refractivity contribution in [1.29, 1.82) is 0 Å². The molecule has 0 amide bonds. The van der Waals surface area contributed by atoms with Crippen LogP contribution in [0.5, 0.6) is 0 Å². The Morgan fingerprint density at radius 1 is 0.269 bits per heavy atom. The molecule has 0 radical (unpaired) electrons. The summed E-state index contributed by atoms with van der Waals surface area (Å²) in [5, 5.41) is 0. The SMILES string of the molecule is CC/C=C\C/C=C\C/C=C\C/C=C\C/C=C\C/C=C\C/C=C\CCCCCCCCCCCCCC(=O)OCC(COC(=O)CC/C=C\C/C=C\C/C=C\C/C=C\CC)OC(=O)CCCCCCC/C=C\C/C=C\CCCC. The molecule has 0 N–H and O–H groups in total. The van der Waals surface area contributed by atoms with Gasteiger partial charge in [-0.15, -0.1) is 0 Å². The van der Waals surface area contributed by atoms with Gasteiger partial charge in [-0.1, -0.05) is 269 Å². The van der Waals surface area contributed by atoms with E-state index >= 15 is 0 Å². The van der Waals surface area contributed by atoms with Gasteiger partial charge in [0.2, 0.25) is 0 Å². The summed E-state index contributed by atoms with van der Waals surface area (Å²) in [6, 6.07) is 0. The van der Waals surface area contributed by atoms with E-state index in [0.29, 0.717) is 19.3 Å². The van der Waals surface area contributed by atoms with Crippen LogP contribution >= 0.6 is 0 Å². The fraction of sp³-hybridized carbons (Fsp3) is 0.597. The van der Waals surface area contributed by atoms with Crippen LogP contribution in [-0.4, -0.2) is 37.2 Å². The molecule has 0 aliphatic heterocycles. The lowest BCUT2D eigenvalue weighted by molar-refractivity contribution is -0.166. The van der Waals surface area contributed by atoms with Crippen LogP contribution in [0.1, 0.15) is 258 Å². The minimum Gasteiger partial charge on any atom is -0.462 e. The second kappa shape index (κ2) is 64.6. The summed E-state index contributed by atoms with van der Waals surface area (Å²) >= 11 is 0. The van der Waals surface area contributed by atoms with Gasteiger partial charge < -0.3 is 14.2 Å². The second-order valence-electron chi connectivity index (χ2n) is 20.2. The first-order valence-corrected chi connectivity index (χ1v) is 31.5. The van der Waals surface area contributed by atoms with Gasteiger partial charge in [-0.2, -0.15) is 0 Å². The Morgan fingerprint density at radius 3 is 0.859 bits per heavy atom. The number of allylic oxidation sites excluding steroid dienone is 26. The molecule has 0 saturated heterocycles. The number of ether oxygens (including phenoxy) is 3. The topological polar surface area (TPSA) is 78.9 Å². The lowest BCUT2D eigenvalue weighted by Gasteiger charge is -2.18. The Kier molecular flexibility index (Phi) is 60.4. The molecule has 0 aromatic carbocycles. The third-order valence-electron chi connectivity index (χ3n) is 12.8. The van der Waals surface area contributed by atoms with E-state index in [9.17, 15) is 14.4 Å². The van der Waals surface area contributed by atoms with Crippen LogP contribution in [0.2, 0.25) is 0 Å². The van der Waals surface area contributed by atoms with Crippen LogP contribution in [0, 0.1) is 0 Å². The zero-order valence-corrected chi connectivity index (χ0v) is 50.1. The first-order chi connectivity index (χ1) is 38.5. The van der Waals surface area contributed by atoms with Gasteiger partial charge in [-0.3, -0.25) is 14.4 Å². The Balaban J connectivity index is 4.28. The maximum atomic E-state index is 12.8. The van der Waals surface area contributed by atoms with Crippen molar-refractivity contribution in [1.82, 2.24) is 0 Å². The molecule has 0 saturated carbocycles. The number of hydrogen-bond acceptors (Lipinski definition) is 6. The molecule has 0 aliphatic rings. The van der Waals surface area contributed by atoms with Gasteiger partial charge >= 0.3 is 17.9 Å². The largest absolute Gasteiger partial charge is 0.462 e. The minimum absolute atomic E-state index is 0.113. The van der Waals surface area contributed by atoms with Gasteiger partial charge in [0, 0.05) is 19.3 Å². The van der Waals surface area contributed by atoms with E-state index in [-0.39, 0.29) is 37.5 Å². The van der Waals surface area contributed by atoms with Crippen molar-refractivity contribution in [2.75, 3.05) is 13.2 Å². The van der Waals surface area contributed by atoms with E-state index in [4.69, 9.17) is 14.2 Å². The highest BCUT2D eigenvalue weighted by molar-refractivity contribution is 5.71. The molecular weight excluding hydrogens is 961 g/mol. The average molecular weight is 1080 g/mol. The molecule has 0 aliphatic carbocycles. The predicted octanol–water partition coefficient (Wildman–Crippen LogP) is 21.7. The summed E-state index contributed by atoms with van der Waals surface area (Å²) in [5.74, 6) is -1.02. The molecule has 78 heavy (non-hydrogen) atoms. The van der Waals surface area contributed by atoms with E-state index in [1.807, 2.05) is 12.2 Å². The van der Waals surface area contributed by atoms with E-state index < -0.39 is 6.10 Å². The molecule has 0 fully saturated rings. The number of carbonyl (C=O) groups excluding carboxylic acids is 3. The zero-order chi connectivity index (χ0) is 56.4. The van der Waals surface area contributed by atoms with E-state index in [2.05, 4.69) is 167 Å². The average Bonchev–Trinajstić information content (AvgIpc) is 3.44. The normalized spacial score (nSPS) is 13.2. The first kappa shape index (κ1) is 73.0. The molecule has 1 atom stereocenters. The smallest absolute Gasteiger partial charge is 0.306 e. The number of rotatable bonds is 55. The van der Waals surface area contributed by atoms with Crippen molar-refractivity contribution >= 4 is 17.9 Å². The van der Waals surface area contributed by atoms with Crippen LogP contribution in [0.25, 0.3) is 0 Å². The Hall–Kier alpha value is -4.97. The molecule has 0 spiro atoms. The molecule has 0 aromatic rings. The Bertz CT molecular complexity index is 1760. The van der Waals surface area contributed by atoms with Crippen molar-refractivity contribution in [2.45, 2.75) is 264 Å². The molecule has 0 rings (SSSR count). The van der Waals surface area contributed by atoms with Gasteiger partial charge in [0.05, 0.1) is 0 Å². The number of hydrogen-bond donors (Lipinski definition) is 0. The van der Waals surface area contributed by atoms with E-state index in [1.165, 1.54) is 77.0 Å². The quantitative estimate of drug-likeness (QED) is 0.0261. The van der Waals surface area contributed by atoms with Crippen molar-refractivity contribution in [3.8, 4) is 0 Å². The molecule has 0 aromatic heterocycles. The Labute approximate surface area is 480 Å². The lowest BCUT2D eigenvalue weighted by atomic mass is 10.0. The summed E-state index contributed by atoms with van der Waals surface area (Å²) in [4.78, 5) is 38.2.